The van der Waals surface area contributed by atoms with Gasteiger partial charge in [-0.2, -0.15) is 0 Å². The van der Waals surface area contributed by atoms with Gasteiger partial charge in [-0.3, -0.25) is 9.69 Å². The van der Waals surface area contributed by atoms with Gasteiger partial charge in [0.2, 0.25) is 5.95 Å². The number of fused-ring (bicyclic) bond motifs is 1. The first-order valence-electron chi connectivity index (χ1n) is 8.76. The molecule has 1 fully saturated rings. The van der Waals surface area contributed by atoms with Crippen molar-refractivity contribution in [3.63, 3.8) is 0 Å². The van der Waals surface area contributed by atoms with Crippen LogP contribution in [0.1, 0.15) is 35.7 Å². The Morgan fingerprint density at radius 2 is 2.08 bits per heavy atom. The topological polar surface area (TPSA) is 67.4 Å². The molecule has 2 aliphatic heterocycles. The second-order valence-electron chi connectivity index (χ2n) is 6.79. The summed E-state index contributed by atoms with van der Waals surface area (Å²) >= 11 is 0. The van der Waals surface area contributed by atoms with Crippen LogP contribution in [-0.4, -0.2) is 45.9 Å². The summed E-state index contributed by atoms with van der Waals surface area (Å²) in [5, 5.41) is 3.10. The van der Waals surface area contributed by atoms with Crippen LogP contribution < -0.4 is 10.1 Å². The minimum Gasteiger partial charge on any atom is -0.485 e. The summed E-state index contributed by atoms with van der Waals surface area (Å²) in [5.74, 6) is 1.56. The van der Waals surface area contributed by atoms with Gasteiger partial charge in [0.1, 0.15) is 11.4 Å². The fourth-order valence-corrected chi connectivity index (χ4v) is 3.68. The van der Waals surface area contributed by atoms with Crippen LogP contribution in [0.5, 0.6) is 5.75 Å². The number of nitrogens with one attached hydrogen (secondary N) is 1. The fourth-order valence-electron chi connectivity index (χ4n) is 3.68. The average Bonchev–Trinajstić information content (AvgIpc) is 2.98. The van der Waals surface area contributed by atoms with Gasteiger partial charge in [-0.25, -0.2) is 9.97 Å². The highest BCUT2D eigenvalue weighted by Crippen LogP contribution is 2.38. The molecule has 1 aromatic heterocycles. The van der Waals surface area contributed by atoms with E-state index in [1.165, 1.54) is 0 Å². The number of hydrogen-bond donors (Lipinski definition) is 1. The minimum atomic E-state index is -0.393. The number of rotatable bonds is 4. The number of nitrogens with zero attached hydrogens (tertiary/aromatic N) is 3. The number of aromatic nitrogens is 2. The molecule has 3 heterocycles. The molecular formula is C19H22N4O2. The predicted molar refractivity (Wildman–Crippen MR) is 94.8 cm³/mol. The van der Waals surface area contributed by atoms with E-state index in [4.69, 9.17) is 4.74 Å². The molecule has 0 saturated carbocycles. The van der Waals surface area contributed by atoms with E-state index in [0.29, 0.717) is 17.9 Å². The van der Waals surface area contributed by atoms with Gasteiger partial charge in [-0.05, 0) is 19.1 Å². The lowest BCUT2D eigenvalue weighted by Crippen LogP contribution is -2.44. The van der Waals surface area contributed by atoms with Crippen molar-refractivity contribution in [3.8, 4) is 5.75 Å². The van der Waals surface area contributed by atoms with Crippen molar-refractivity contribution >= 4 is 11.7 Å². The summed E-state index contributed by atoms with van der Waals surface area (Å²) in [6.07, 6.45) is 5.04. The summed E-state index contributed by atoms with van der Waals surface area (Å²) < 4.78 is 6.27. The number of Topliss-reactive ketones (excluding diaryl/α,β-unsaturated/α-hetero) is 1. The zero-order valence-electron chi connectivity index (χ0n) is 14.4. The second kappa shape index (κ2) is 6.44. The molecule has 1 aromatic carbocycles. The number of ketones is 1. The summed E-state index contributed by atoms with van der Waals surface area (Å²) in [4.78, 5) is 23.4. The molecule has 25 heavy (non-hydrogen) atoms. The van der Waals surface area contributed by atoms with Crippen molar-refractivity contribution in [3.05, 3.63) is 47.8 Å². The van der Waals surface area contributed by atoms with Crippen molar-refractivity contribution in [2.45, 2.75) is 31.9 Å². The van der Waals surface area contributed by atoms with E-state index in [-0.39, 0.29) is 5.78 Å². The van der Waals surface area contributed by atoms with E-state index in [1.54, 1.807) is 0 Å². The highest BCUT2D eigenvalue weighted by atomic mass is 16.5. The number of ether oxygens (including phenoxy) is 1. The Bertz CT molecular complexity index is 777. The van der Waals surface area contributed by atoms with E-state index in [1.807, 2.05) is 43.6 Å². The Labute approximate surface area is 147 Å². The predicted octanol–water partition coefficient (Wildman–Crippen LogP) is 2.52. The van der Waals surface area contributed by atoms with E-state index >= 15 is 0 Å². The third-order valence-corrected chi connectivity index (χ3v) is 4.84. The zero-order chi connectivity index (χ0) is 17.3. The number of benzene rings is 1. The minimum absolute atomic E-state index is 0.182. The highest BCUT2D eigenvalue weighted by Gasteiger charge is 2.45. The molecule has 1 saturated heterocycles. The maximum absolute atomic E-state index is 12.5. The van der Waals surface area contributed by atoms with Crippen molar-refractivity contribution in [2.75, 3.05) is 25.0 Å². The molecule has 0 amide bonds. The Balaban J connectivity index is 1.44. The molecule has 0 aliphatic carbocycles. The molecule has 0 bridgehead atoms. The van der Waals surface area contributed by atoms with E-state index < -0.39 is 5.60 Å². The van der Waals surface area contributed by atoms with Gasteiger partial charge in [-0.1, -0.05) is 12.1 Å². The summed E-state index contributed by atoms with van der Waals surface area (Å²) in [7, 11) is 0. The lowest BCUT2D eigenvalue weighted by atomic mass is 9.89. The summed E-state index contributed by atoms with van der Waals surface area (Å²) in [6.45, 7) is 5.26. The maximum atomic E-state index is 12.5. The summed E-state index contributed by atoms with van der Waals surface area (Å²) in [5.41, 5.74) is 1.39. The SMILES string of the molecule is CCNc1ncc(CN2CCC3(CC(=O)c4ccccc4O3)C2)cn1. The van der Waals surface area contributed by atoms with Crippen molar-refractivity contribution < 1.29 is 9.53 Å². The van der Waals surface area contributed by atoms with Crippen LogP contribution in [0, 0.1) is 0 Å². The smallest absolute Gasteiger partial charge is 0.222 e. The van der Waals surface area contributed by atoms with Gasteiger partial charge in [-0.15, -0.1) is 0 Å². The molecule has 4 rings (SSSR count). The molecule has 2 aromatic rings. The first-order chi connectivity index (χ1) is 12.2. The first kappa shape index (κ1) is 16.0. The number of carbonyl (C=O) groups excluding carboxylic acids is 1. The largest absolute Gasteiger partial charge is 0.485 e. The number of para-hydroxylation sites is 1. The van der Waals surface area contributed by atoms with Crippen molar-refractivity contribution in [1.82, 2.24) is 14.9 Å². The molecule has 6 nitrogen and oxygen atoms in total. The van der Waals surface area contributed by atoms with Gasteiger partial charge in [0.05, 0.1) is 12.0 Å². The molecule has 1 unspecified atom stereocenters. The van der Waals surface area contributed by atoms with Crippen molar-refractivity contribution in [1.29, 1.82) is 0 Å². The molecule has 130 valence electrons. The molecular weight excluding hydrogens is 316 g/mol. The maximum Gasteiger partial charge on any atom is 0.222 e. The normalized spacial score (nSPS) is 22.7. The van der Waals surface area contributed by atoms with Crippen LogP contribution in [0.2, 0.25) is 0 Å². The Kier molecular flexibility index (Phi) is 4.13. The van der Waals surface area contributed by atoms with Gasteiger partial charge in [0.25, 0.3) is 0 Å². The molecule has 1 atom stereocenters. The zero-order valence-corrected chi connectivity index (χ0v) is 14.4. The number of hydrogen-bond acceptors (Lipinski definition) is 6. The standard InChI is InChI=1S/C19H22N4O2/c1-2-20-18-21-10-14(11-22-18)12-23-8-7-19(13-23)9-16(24)15-5-3-4-6-17(15)25-19/h3-6,10-11H,2,7-9,12-13H2,1H3,(H,20,21,22). The van der Waals surface area contributed by atoms with Crippen LogP contribution in [-0.2, 0) is 6.54 Å². The second-order valence-corrected chi connectivity index (χ2v) is 6.79. The van der Waals surface area contributed by atoms with E-state index in [9.17, 15) is 4.79 Å². The third-order valence-electron chi connectivity index (χ3n) is 4.84. The molecule has 1 spiro atoms. The molecule has 6 heteroatoms. The first-order valence-corrected chi connectivity index (χ1v) is 8.76. The molecule has 2 aliphatic rings. The lowest BCUT2D eigenvalue weighted by Gasteiger charge is -2.34. The molecule has 0 radical (unpaired) electrons. The number of anilines is 1. The van der Waals surface area contributed by atoms with Gasteiger partial charge >= 0.3 is 0 Å². The van der Waals surface area contributed by atoms with Crippen LogP contribution in [0.25, 0.3) is 0 Å². The van der Waals surface area contributed by atoms with Crippen molar-refractivity contribution in [2.24, 2.45) is 0 Å². The number of likely N-dealkylation sites (tertiary alicyclic amines) is 1. The monoisotopic (exact) mass is 338 g/mol. The highest BCUT2D eigenvalue weighted by molar-refractivity contribution is 6.00. The van der Waals surface area contributed by atoms with Crippen LogP contribution in [0.4, 0.5) is 5.95 Å². The van der Waals surface area contributed by atoms with Gasteiger partial charge in [0, 0.05) is 50.6 Å². The van der Waals surface area contributed by atoms with E-state index in [0.717, 1.165) is 43.9 Å². The van der Waals surface area contributed by atoms with Gasteiger partial charge in [0.15, 0.2) is 5.78 Å². The quantitative estimate of drug-likeness (QED) is 0.924. The fraction of sp³-hybridized carbons (Fsp3) is 0.421. The van der Waals surface area contributed by atoms with Crippen LogP contribution in [0.3, 0.4) is 0 Å². The Morgan fingerprint density at radius 3 is 2.88 bits per heavy atom. The Hall–Kier alpha value is -2.47. The Morgan fingerprint density at radius 1 is 1.28 bits per heavy atom. The van der Waals surface area contributed by atoms with Gasteiger partial charge < -0.3 is 10.1 Å². The molecule has 1 N–H and O–H groups in total. The van der Waals surface area contributed by atoms with E-state index in [2.05, 4.69) is 20.2 Å². The average molecular weight is 338 g/mol. The summed E-state index contributed by atoms with van der Waals surface area (Å²) in [6, 6.07) is 7.54. The third kappa shape index (κ3) is 3.22. The number of carbonyl (C=O) groups is 1. The lowest BCUT2D eigenvalue weighted by molar-refractivity contribution is 0.0455. The van der Waals surface area contributed by atoms with Crippen LogP contribution in [0.15, 0.2) is 36.7 Å². The van der Waals surface area contributed by atoms with Crippen LogP contribution >= 0.6 is 0 Å².